The van der Waals surface area contributed by atoms with Crippen molar-refractivity contribution in [1.29, 1.82) is 0 Å². The van der Waals surface area contributed by atoms with Crippen molar-refractivity contribution < 1.29 is 15.3 Å². The largest absolute Gasteiger partial charge is 0.488 e. The number of benzene rings is 1. The summed E-state index contributed by atoms with van der Waals surface area (Å²) in [6.45, 7) is 5.71. The molecule has 1 saturated carbocycles. The van der Waals surface area contributed by atoms with Crippen LogP contribution >= 0.6 is 0 Å². The van der Waals surface area contributed by atoms with E-state index in [4.69, 9.17) is 9.53 Å². The molecule has 8 nitrogen and oxygen atoms in total. The topological polar surface area (TPSA) is 111 Å². The lowest BCUT2D eigenvalue weighted by Gasteiger charge is -2.29. The first-order valence-corrected chi connectivity index (χ1v) is 12.7. The van der Waals surface area contributed by atoms with Crippen molar-refractivity contribution in [1.82, 2.24) is 14.9 Å². The molecule has 0 atom stereocenters. The second-order valence-corrected chi connectivity index (χ2v) is 9.77. The van der Waals surface area contributed by atoms with Gasteiger partial charge >= 0.3 is 0 Å². The fourth-order valence-corrected chi connectivity index (χ4v) is 4.86. The minimum Gasteiger partial charge on any atom is -0.488 e. The summed E-state index contributed by atoms with van der Waals surface area (Å²) in [5, 5.41) is 7.02. The van der Waals surface area contributed by atoms with Gasteiger partial charge in [-0.15, -0.1) is 0 Å². The number of carbonyl (C=O) groups excluding carboxylic acids is 1. The molecular weight excluding hydrogens is 473 g/mol. The number of hydrogen-bond acceptors (Lipinski definition) is 6. The molecule has 4 N–H and O–H groups in total. The summed E-state index contributed by atoms with van der Waals surface area (Å²) in [7, 11) is 3.59. The Bertz CT molecular complexity index is 1260. The number of primary amides is 1. The molecule has 2 aromatic heterocycles. The number of hydrogen-bond donors (Lipinski definition) is 3. The maximum absolute atomic E-state index is 14.5. The summed E-state index contributed by atoms with van der Waals surface area (Å²) < 4.78 is 21.9. The van der Waals surface area contributed by atoms with Gasteiger partial charge in [0.15, 0.2) is 11.6 Å². The zero-order valence-electron chi connectivity index (χ0n) is 22.1. The molecule has 1 aliphatic carbocycles. The Morgan fingerprint density at radius 3 is 2.59 bits per heavy atom. The molecule has 1 amide bonds. The summed E-state index contributed by atoms with van der Waals surface area (Å²) in [4.78, 5) is 24.7. The molecule has 0 aliphatic heterocycles. The number of aromatic nitrogens is 2. The van der Waals surface area contributed by atoms with Crippen molar-refractivity contribution in [3.8, 4) is 5.75 Å². The van der Waals surface area contributed by atoms with Crippen molar-refractivity contribution in [2.45, 2.75) is 58.0 Å². The van der Waals surface area contributed by atoms with Crippen LogP contribution in [0.5, 0.6) is 5.75 Å². The van der Waals surface area contributed by atoms with Crippen LogP contribution in [0.15, 0.2) is 41.3 Å². The molecule has 1 fully saturated rings. The Balaban J connectivity index is 0.00000121. The first-order valence-electron chi connectivity index (χ1n) is 12.7. The van der Waals surface area contributed by atoms with E-state index in [0.29, 0.717) is 35.5 Å². The van der Waals surface area contributed by atoms with Gasteiger partial charge in [0.05, 0.1) is 18.3 Å². The number of rotatable bonds is 8. The third-order valence-electron chi connectivity index (χ3n) is 6.96. The van der Waals surface area contributed by atoms with Gasteiger partial charge in [-0.3, -0.25) is 14.6 Å². The van der Waals surface area contributed by atoms with Gasteiger partial charge in [0, 0.05) is 39.9 Å². The number of anilines is 1. The van der Waals surface area contributed by atoms with Crippen molar-refractivity contribution in [2.75, 3.05) is 19.0 Å². The Labute approximate surface area is 218 Å². The predicted molar refractivity (Wildman–Crippen MR) is 147 cm³/mol. The number of pyridine rings is 2. The minimum absolute atomic E-state index is 0. The molecule has 3 aromatic rings. The van der Waals surface area contributed by atoms with E-state index in [1.807, 2.05) is 7.05 Å². The van der Waals surface area contributed by atoms with Gasteiger partial charge in [-0.05, 0) is 60.8 Å². The summed E-state index contributed by atoms with van der Waals surface area (Å²) >= 11 is 0. The van der Waals surface area contributed by atoms with E-state index >= 15 is 0 Å². The highest BCUT2D eigenvalue weighted by atomic mass is 19.1. The molecule has 1 aromatic carbocycles. The van der Waals surface area contributed by atoms with Crippen LogP contribution in [0, 0.1) is 11.7 Å². The Morgan fingerprint density at radius 2 is 1.95 bits per heavy atom. The van der Waals surface area contributed by atoms with Crippen molar-refractivity contribution in [2.24, 2.45) is 18.7 Å². The van der Waals surface area contributed by atoms with Gasteiger partial charge in [0.2, 0.25) is 6.41 Å². The highest BCUT2D eigenvalue weighted by Crippen LogP contribution is 2.30. The van der Waals surface area contributed by atoms with Crippen molar-refractivity contribution in [3.63, 3.8) is 0 Å². The Hall–Kier alpha value is -3.46. The number of nitrogens with one attached hydrogen (secondary N) is 2. The van der Waals surface area contributed by atoms with Crippen LogP contribution in [0.3, 0.4) is 0 Å². The molecule has 0 spiro atoms. The first kappa shape index (κ1) is 28.1. The van der Waals surface area contributed by atoms with Crippen LogP contribution in [-0.2, 0) is 18.4 Å². The molecule has 1 aliphatic rings. The van der Waals surface area contributed by atoms with E-state index in [1.165, 1.54) is 27.4 Å². The van der Waals surface area contributed by atoms with Crippen LogP contribution in [0.25, 0.3) is 11.0 Å². The van der Waals surface area contributed by atoms with Crippen molar-refractivity contribution in [3.05, 3.63) is 63.8 Å². The number of aryl methyl sites for hydroxylation is 1. The third-order valence-corrected chi connectivity index (χ3v) is 6.96. The standard InChI is InChI=1S/C27H35FN4O2.CH3NO.H2/c1-17(2)21-10-7-19(13-24(21)29-3)14-30-20-8-5-18(6-9-20)16-34-27-22(28)15-31-23-11-12-25(33)32(4)26(23)27;2-1-3;/h7,10-13,15,17-18,20,29-30H,5-6,8-9,14,16H2,1-4H3;1H,(H2,2,3);1H. The summed E-state index contributed by atoms with van der Waals surface area (Å²) in [6, 6.07) is 10.2. The lowest BCUT2D eigenvalue weighted by atomic mass is 9.86. The van der Waals surface area contributed by atoms with E-state index < -0.39 is 5.82 Å². The number of carbonyl (C=O) groups is 1. The molecule has 0 saturated heterocycles. The highest BCUT2D eigenvalue weighted by Gasteiger charge is 2.23. The molecule has 37 heavy (non-hydrogen) atoms. The van der Waals surface area contributed by atoms with Gasteiger partial charge < -0.3 is 25.7 Å². The normalized spacial score (nSPS) is 17.2. The number of fused-ring (bicyclic) bond motifs is 1. The van der Waals surface area contributed by atoms with E-state index in [-0.39, 0.29) is 19.1 Å². The van der Waals surface area contributed by atoms with E-state index in [1.54, 1.807) is 13.1 Å². The highest BCUT2D eigenvalue weighted by molar-refractivity contribution is 5.81. The maximum atomic E-state index is 14.5. The van der Waals surface area contributed by atoms with Gasteiger partial charge in [-0.1, -0.05) is 26.0 Å². The number of nitrogens with two attached hydrogens (primary N) is 1. The summed E-state index contributed by atoms with van der Waals surface area (Å²) in [6.07, 6.45) is 5.59. The van der Waals surface area contributed by atoms with E-state index in [2.05, 4.69) is 53.4 Å². The summed E-state index contributed by atoms with van der Waals surface area (Å²) in [5.41, 5.74) is 8.73. The van der Waals surface area contributed by atoms with Gasteiger partial charge in [-0.2, -0.15) is 0 Å². The Morgan fingerprint density at radius 1 is 1.24 bits per heavy atom. The lowest BCUT2D eigenvalue weighted by molar-refractivity contribution is -0.106. The fraction of sp³-hybridized carbons (Fsp3) is 0.464. The zero-order chi connectivity index (χ0) is 26.9. The number of nitrogens with zero attached hydrogens (tertiary/aromatic N) is 2. The fourth-order valence-electron chi connectivity index (χ4n) is 4.86. The number of ether oxygens (including phenoxy) is 1. The molecule has 0 bridgehead atoms. The van der Waals surface area contributed by atoms with Crippen LogP contribution < -0.4 is 26.7 Å². The predicted octanol–water partition coefficient (Wildman–Crippen LogP) is 4.31. The first-order chi connectivity index (χ1) is 17.8. The molecule has 9 heteroatoms. The third kappa shape index (κ3) is 7.07. The molecule has 202 valence electrons. The molecule has 4 rings (SSSR count). The monoisotopic (exact) mass is 513 g/mol. The smallest absolute Gasteiger partial charge is 0.250 e. The number of halogens is 1. The number of amides is 1. The summed E-state index contributed by atoms with van der Waals surface area (Å²) in [5.74, 6) is 0.442. The molecule has 0 radical (unpaired) electrons. The van der Waals surface area contributed by atoms with Crippen LogP contribution in [-0.4, -0.2) is 35.7 Å². The van der Waals surface area contributed by atoms with E-state index in [0.717, 1.165) is 38.4 Å². The van der Waals surface area contributed by atoms with Crippen LogP contribution in [0.2, 0.25) is 0 Å². The van der Waals surface area contributed by atoms with Crippen LogP contribution in [0.4, 0.5) is 10.1 Å². The minimum atomic E-state index is -0.534. The second kappa shape index (κ2) is 13.2. The average Bonchev–Trinajstić information content (AvgIpc) is 2.90. The molecular formula is C28H40FN5O3. The van der Waals surface area contributed by atoms with Crippen LogP contribution in [0.1, 0.15) is 58.0 Å². The SMILES string of the molecule is CNc1cc(CNC2CCC(COc3c(F)cnc4ccc(=O)n(C)c34)CC2)ccc1C(C)C.NC=O.[HH]. The molecule has 0 unspecified atom stereocenters. The van der Waals surface area contributed by atoms with Gasteiger partial charge in [-0.25, -0.2) is 4.39 Å². The van der Waals surface area contributed by atoms with Gasteiger partial charge in [0.1, 0.15) is 5.52 Å². The quantitative estimate of drug-likeness (QED) is 0.387. The second-order valence-electron chi connectivity index (χ2n) is 9.77. The Kier molecular flexibility index (Phi) is 10.0. The maximum Gasteiger partial charge on any atom is 0.250 e. The lowest BCUT2D eigenvalue weighted by Crippen LogP contribution is -2.34. The van der Waals surface area contributed by atoms with Crippen molar-refractivity contribution >= 4 is 23.1 Å². The van der Waals surface area contributed by atoms with E-state index in [9.17, 15) is 9.18 Å². The molecule has 2 heterocycles. The van der Waals surface area contributed by atoms with Gasteiger partial charge in [0.25, 0.3) is 5.56 Å². The average molecular weight is 514 g/mol. The zero-order valence-corrected chi connectivity index (χ0v) is 22.1.